The lowest BCUT2D eigenvalue weighted by atomic mass is 10.1. The number of nitrogens with one attached hydrogen (secondary N) is 1. The molecule has 0 radical (unpaired) electrons. The largest absolute Gasteiger partial charge is 0.472 e. The minimum atomic E-state index is -4.40. The van der Waals surface area contributed by atoms with Crippen molar-refractivity contribution in [1.29, 1.82) is 0 Å². The molecule has 12 heteroatoms. The third-order valence-electron chi connectivity index (χ3n) is 6.62. The van der Waals surface area contributed by atoms with Crippen LogP contribution in [0.2, 0.25) is 0 Å². The van der Waals surface area contributed by atoms with Crippen LogP contribution in [0.5, 0.6) is 0 Å². The number of carbonyl (C=O) groups is 2. The molecule has 2 saturated heterocycles. The fourth-order valence-corrected chi connectivity index (χ4v) is 6.54. The van der Waals surface area contributed by atoms with Gasteiger partial charge in [0.1, 0.15) is 0 Å². The van der Waals surface area contributed by atoms with E-state index in [4.69, 9.17) is 13.8 Å². The van der Waals surface area contributed by atoms with Crippen LogP contribution < -0.4 is 5.32 Å². The Hall–Kier alpha value is -0.680. The maximum Gasteiger partial charge on any atom is 0.472 e. The molecule has 2 heterocycles. The van der Waals surface area contributed by atoms with Gasteiger partial charge in [-0.3, -0.25) is 18.6 Å². The fourth-order valence-electron chi connectivity index (χ4n) is 4.81. The van der Waals surface area contributed by atoms with Crippen LogP contribution in [-0.4, -0.2) is 101 Å². The van der Waals surface area contributed by atoms with E-state index in [0.717, 1.165) is 12.2 Å². The highest BCUT2D eigenvalue weighted by Crippen LogP contribution is 2.47. The van der Waals surface area contributed by atoms with E-state index in [1.54, 1.807) is 9.80 Å². The molecule has 38 heavy (non-hydrogen) atoms. The van der Waals surface area contributed by atoms with Crippen LogP contribution >= 0.6 is 19.6 Å². The van der Waals surface area contributed by atoms with Crippen molar-refractivity contribution >= 4 is 31.4 Å². The van der Waals surface area contributed by atoms with Crippen molar-refractivity contribution in [3.05, 3.63) is 0 Å². The molecule has 2 rings (SSSR count). The molecule has 0 aromatic rings. The van der Waals surface area contributed by atoms with Crippen LogP contribution in [0.1, 0.15) is 74.1 Å². The summed E-state index contributed by atoms with van der Waals surface area (Å²) in [6.07, 6.45) is 1.69. The van der Waals surface area contributed by atoms with Crippen LogP contribution in [0, 0.1) is 5.92 Å². The van der Waals surface area contributed by atoms with Crippen molar-refractivity contribution in [2.75, 3.05) is 38.6 Å². The number of rotatable bonds is 16. The first-order chi connectivity index (χ1) is 17.8. The number of likely N-dealkylation sites (tertiary alicyclic amines) is 2. The Balaban J connectivity index is 1.93. The van der Waals surface area contributed by atoms with E-state index in [9.17, 15) is 19.0 Å². The third kappa shape index (κ3) is 11.8. The molecule has 0 spiro atoms. The van der Waals surface area contributed by atoms with Gasteiger partial charge in [0.2, 0.25) is 11.8 Å². The molecular weight excluding hydrogens is 529 g/mol. The van der Waals surface area contributed by atoms with Crippen molar-refractivity contribution in [2.24, 2.45) is 5.92 Å². The molecule has 1 unspecified atom stereocenters. The summed E-state index contributed by atoms with van der Waals surface area (Å²) in [5, 5.41) is 3.65. The third-order valence-corrected chi connectivity index (χ3v) is 8.85. The second kappa shape index (κ2) is 15.9. The Morgan fingerprint density at radius 2 is 1.68 bits per heavy atom. The van der Waals surface area contributed by atoms with Crippen LogP contribution in [0.4, 0.5) is 0 Å². The van der Waals surface area contributed by atoms with Crippen molar-refractivity contribution in [3.8, 4) is 0 Å². The predicted octanol–water partition coefficient (Wildman–Crippen LogP) is 3.67. The molecule has 5 atom stereocenters. The molecule has 0 aliphatic carbocycles. The average molecular weight is 580 g/mol. The lowest BCUT2D eigenvalue weighted by Crippen LogP contribution is -2.44. The molecule has 2 fully saturated rings. The van der Waals surface area contributed by atoms with Gasteiger partial charge in [-0.15, -0.1) is 0 Å². The predicted molar refractivity (Wildman–Crippen MR) is 151 cm³/mol. The van der Waals surface area contributed by atoms with Gasteiger partial charge >= 0.3 is 7.82 Å². The highest BCUT2D eigenvalue weighted by atomic mass is 32.2. The van der Waals surface area contributed by atoms with Crippen molar-refractivity contribution < 1.29 is 32.8 Å². The maximum atomic E-state index is 13.0. The van der Waals surface area contributed by atoms with E-state index in [0.29, 0.717) is 37.7 Å². The highest BCUT2D eigenvalue weighted by Gasteiger charge is 2.41. The number of hydrogen-bond donors (Lipinski definition) is 2. The monoisotopic (exact) mass is 579 g/mol. The SMILES string of the molecule is CC(C)NCC(=O)N1C[C@H](C)C[C@H]1COP(=O)(O)O[C@@H]1C[C@@H](COC(C)C)N(C(=O)CCCSC(C)C)C1. The second-order valence-electron chi connectivity index (χ2n) is 11.4. The van der Waals surface area contributed by atoms with Gasteiger partial charge in [-0.25, -0.2) is 4.57 Å². The van der Waals surface area contributed by atoms with Gasteiger partial charge in [0.15, 0.2) is 0 Å². The lowest BCUT2D eigenvalue weighted by molar-refractivity contribution is -0.133. The molecule has 0 bridgehead atoms. The Morgan fingerprint density at radius 1 is 1.03 bits per heavy atom. The first-order valence-corrected chi connectivity index (χ1v) is 16.5. The smallest absolute Gasteiger partial charge is 0.377 e. The number of amides is 2. The molecule has 2 N–H and O–H groups in total. The minimum absolute atomic E-state index is 0.00982. The van der Waals surface area contributed by atoms with Crippen LogP contribution in [0.15, 0.2) is 0 Å². The first kappa shape index (κ1) is 33.5. The molecular formula is C26H50N3O7PS. The van der Waals surface area contributed by atoms with Crippen LogP contribution in [-0.2, 0) is 27.9 Å². The van der Waals surface area contributed by atoms with Gasteiger partial charge in [0.05, 0.1) is 44.1 Å². The standard InChI is InChI=1S/C26H50N3O7PS/c1-18(2)27-13-26(31)28-14-21(7)11-22(28)17-35-37(32,33)36-24-12-23(16-34-19(3)4)29(15-24)25(30)9-8-10-38-20(5)6/h18-24,27H,8-17H2,1-7H3,(H,32,33)/t21-,22+,23+,24-/m1/s1. The number of carbonyl (C=O) groups excluding carboxylic acids is 2. The number of phosphoric acid groups is 1. The summed E-state index contributed by atoms with van der Waals surface area (Å²) in [4.78, 5) is 39.6. The first-order valence-electron chi connectivity index (χ1n) is 14.0. The Morgan fingerprint density at radius 3 is 2.32 bits per heavy atom. The number of phosphoric ester groups is 1. The summed E-state index contributed by atoms with van der Waals surface area (Å²) in [6.45, 7) is 15.5. The molecule has 222 valence electrons. The van der Waals surface area contributed by atoms with Gasteiger partial charge in [0.25, 0.3) is 0 Å². The lowest BCUT2D eigenvalue weighted by Gasteiger charge is -2.26. The summed E-state index contributed by atoms with van der Waals surface area (Å²) < 4.78 is 29.6. The normalized spacial score (nSPS) is 25.7. The zero-order valence-electron chi connectivity index (χ0n) is 24.3. The summed E-state index contributed by atoms with van der Waals surface area (Å²) in [5.41, 5.74) is 0. The highest BCUT2D eigenvalue weighted by molar-refractivity contribution is 7.99. The summed E-state index contributed by atoms with van der Waals surface area (Å²) >= 11 is 1.83. The molecule has 2 amide bonds. The van der Waals surface area contributed by atoms with Gasteiger partial charge in [-0.1, -0.05) is 34.6 Å². The van der Waals surface area contributed by atoms with E-state index in [-0.39, 0.29) is 61.7 Å². The fraction of sp³-hybridized carbons (Fsp3) is 0.923. The quantitative estimate of drug-likeness (QED) is 0.209. The van der Waals surface area contributed by atoms with Crippen molar-refractivity contribution in [2.45, 2.75) is 110 Å². The number of ether oxygens (including phenoxy) is 1. The van der Waals surface area contributed by atoms with Crippen LogP contribution in [0.3, 0.4) is 0 Å². The molecule has 2 aliphatic heterocycles. The molecule has 2 aliphatic rings. The van der Waals surface area contributed by atoms with E-state index in [1.165, 1.54) is 0 Å². The van der Waals surface area contributed by atoms with Crippen LogP contribution in [0.25, 0.3) is 0 Å². The van der Waals surface area contributed by atoms with E-state index in [1.807, 2.05) is 39.5 Å². The number of nitrogens with zero attached hydrogens (tertiary/aromatic N) is 2. The van der Waals surface area contributed by atoms with E-state index >= 15 is 0 Å². The van der Waals surface area contributed by atoms with Gasteiger partial charge < -0.3 is 24.7 Å². The van der Waals surface area contributed by atoms with Gasteiger partial charge in [0, 0.05) is 25.6 Å². The summed E-state index contributed by atoms with van der Waals surface area (Å²) in [6, 6.07) is -0.315. The Bertz CT molecular complexity index is 801. The van der Waals surface area contributed by atoms with Gasteiger partial charge in [-0.05, 0) is 50.0 Å². The van der Waals surface area contributed by atoms with Gasteiger partial charge in [-0.2, -0.15) is 11.8 Å². The zero-order chi connectivity index (χ0) is 28.5. The molecule has 0 saturated carbocycles. The average Bonchev–Trinajstić information content (AvgIpc) is 3.39. The zero-order valence-corrected chi connectivity index (χ0v) is 26.0. The molecule has 0 aromatic carbocycles. The Kier molecular flexibility index (Phi) is 14.1. The van der Waals surface area contributed by atoms with E-state index in [2.05, 4.69) is 26.1 Å². The molecule has 10 nitrogen and oxygen atoms in total. The molecule has 0 aromatic heterocycles. The topological polar surface area (TPSA) is 118 Å². The summed E-state index contributed by atoms with van der Waals surface area (Å²) in [5.74, 6) is 1.16. The second-order valence-corrected chi connectivity index (χ2v) is 14.5. The van der Waals surface area contributed by atoms with E-state index < -0.39 is 13.9 Å². The number of thioether (sulfide) groups is 1. The minimum Gasteiger partial charge on any atom is -0.377 e. The van der Waals surface area contributed by atoms with Crippen molar-refractivity contribution in [1.82, 2.24) is 15.1 Å². The van der Waals surface area contributed by atoms with Crippen molar-refractivity contribution in [3.63, 3.8) is 0 Å². The summed E-state index contributed by atoms with van der Waals surface area (Å²) in [7, 11) is -4.40. The maximum absolute atomic E-state index is 13.0. The Labute approximate surface area is 233 Å². The number of hydrogen-bond acceptors (Lipinski definition) is 8.